The second-order valence-electron chi connectivity index (χ2n) is 2.36. The van der Waals surface area contributed by atoms with E-state index in [-0.39, 0.29) is 19.4 Å². The molecule has 7 heteroatoms. The maximum absolute atomic E-state index is 12.4. The second kappa shape index (κ2) is 4.47. The van der Waals surface area contributed by atoms with Gasteiger partial charge in [-0.05, 0) is 44.6 Å². The molecule has 0 fully saturated rings. The number of hydrogen-bond donors (Lipinski definition) is 1. The Morgan fingerprint density at radius 3 is 2.57 bits per heavy atom. The highest BCUT2D eigenvalue weighted by Crippen LogP contribution is 2.30. The van der Waals surface area contributed by atoms with Gasteiger partial charge in [0.15, 0.2) is 0 Å². The summed E-state index contributed by atoms with van der Waals surface area (Å²) in [5, 5.41) is 0. The Morgan fingerprint density at radius 2 is 2.21 bits per heavy atom. The number of pyridine rings is 1. The molecule has 1 heterocycles. The molecule has 0 bridgehead atoms. The average Bonchev–Trinajstić information content (AvgIpc) is 2.01. The standard InChI is InChI=1S/C7H4BrF2IN2O/c8-5-4(6(9)10)2(11)1-3(13-5)7(12)14/h1,6H,(H2,12,14). The van der Waals surface area contributed by atoms with Gasteiger partial charge in [-0.1, -0.05) is 0 Å². The van der Waals surface area contributed by atoms with E-state index in [2.05, 4.69) is 20.9 Å². The van der Waals surface area contributed by atoms with Gasteiger partial charge in [0.2, 0.25) is 0 Å². The van der Waals surface area contributed by atoms with Crippen LogP contribution in [0.2, 0.25) is 0 Å². The maximum atomic E-state index is 12.4. The van der Waals surface area contributed by atoms with Crippen LogP contribution in [0.5, 0.6) is 0 Å². The van der Waals surface area contributed by atoms with Crippen LogP contribution in [0.4, 0.5) is 8.78 Å². The number of hydrogen-bond acceptors (Lipinski definition) is 2. The van der Waals surface area contributed by atoms with Gasteiger partial charge in [0.25, 0.3) is 12.3 Å². The van der Waals surface area contributed by atoms with Crippen LogP contribution < -0.4 is 5.73 Å². The molecule has 0 unspecified atom stereocenters. The van der Waals surface area contributed by atoms with Gasteiger partial charge in [-0.15, -0.1) is 0 Å². The first-order chi connectivity index (χ1) is 6.43. The quantitative estimate of drug-likeness (QED) is 0.636. The number of aromatic nitrogens is 1. The molecule has 0 radical (unpaired) electrons. The minimum Gasteiger partial charge on any atom is -0.364 e. The fourth-order valence-corrected chi connectivity index (χ4v) is 2.55. The lowest BCUT2D eigenvalue weighted by atomic mass is 10.2. The van der Waals surface area contributed by atoms with E-state index in [1.54, 1.807) is 22.6 Å². The van der Waals surface area contributed by atoms with Crippen molar-refractivity contribution in [2.75, 3.05) is 0 Å². The van der Waals surface area contributed by atoms with Crippen molar-refractivity contribution >= 4 is 44.4 Å². The van der Waals surface area contributed by atoms with Crippen molar-refractivity contribution in [3.05, 3.63) is 25.5 Å². The summed E-state index contributed by atoms with van der Waals surface area (Å²) >= 11 is 4.57. The Labute approximate surface area is 100 Å². The molecule has 1 amide bonds. The van der Waals surface area contributed by atoms with Crippen molar-refractivity contribution in [2.45, 2.75) is 6.43 Å². The fraction of sp³-hybridized carbons (Fsp3) is 0.143. The zero-order valence-corrected chi connectivity index (χ0v) is 10.3. The average molecular weight is 377 g/mol. The minimum absolute atomic E-state index is 0.0364. The van der Waals surface area contributed by atoms with Crippen LogP contribution in [0.1, 0.15) is 22.5 Å². The molecule has 0 aliphatic carbocycles. The van der Waals surface area contributed by atoms with Crippen molar-refractivity contribution in [2.24, 2.45) is 5.73 Å². The Balaban J connectivity index is 3.32. The normalized spacial score (nSPS) is 10.6. The van der Waals surface area contributed by atoms with Crippen LogP contribution >= 0.6 is 38.5 Å². The molecule has 0 aliphatic heterocycles. The van der Waals surface area contributed by atoms with Gasteiger partial charge < -0.3 is 5.73 Å². The van der Waals surface area contributed by atoms with Gasteiger partial charge in [0, 0.05) is 3.57 Å². The second-order valence-corrected chi connectivity index (χ2v) is 4.27. The fourth-order valence-electron chi connectivity index (χ4n) is 0.815. The number of nitrogens with zero attached hydrogens (tertiary/aromatic N) is 1. The van der Waals surface area contributed by atoms with E-state index < -0.39 is 12.3 Å². The lowest BCUT2D eigenvalue weighted by molar-refractivity contribution is 0.0994. The molecule has 1 rings (SSSR count). The number of carbonyl (C=O) groups is 1. The van der Waals surface area contributed by atoms with Crippen LogP contribution in [-0.4, -0.2) is 10.9 Å². The Kier molecular flexibility index (Phi) is 3.76. The van der Waals surface area contributed by atoms with Crippen molar-refractivity contribution in [1.82, 2.24) is 4.98 Å². The summed E-state index contributed by atoms with van der Waals surface area (Å²) in [5.74, 6) is -0.746. The number of primary amides is 1. The molecule has 3 nitrogen and oxygen atoms in total. The summed E-state index contributed by atoms with van der Waals surface area (Å²) in [6.07, 6.45) is -2.63. The van der Waals surface area contributed by atoms with Crippen LogP contribution in [0.3, 0.4) is 0 Å². The van der Waals surface area contributed by atoms with Gasteiger partial charge in [0.1, 0.15) is 10.3 Å². The highest BCUT2D eigenvalue weighted by molar-refractivity contribution is 14.1. The predicted octanol–water partition coefficient (Wildman–Crippen LogP) is 2.49. The van der Waals surface area contributed by atoms with Crippen molar-refractivity contribution in [3.63, 3.8) is 0 Å². The van der Waals surface area contributed by atoms with E-state index in [1.807, 2.05) is 0 Å². The number of alkyl halides is 2. The Hall–Kier alpha value is -0.310. The van der Waals surface area contributed by atoms with E-state index in [0.717, 1.165) is 0 Å². The number of nitrogens with two attached hydrogens (primary N) is 1. The van der Waals surface area contributed by atoms with E-state index >= 15 is 0 Å². The maximum Gasteiger partial charge on any atom is 0.267 e. The van der Waals surface area contributed by atoms with Crippen molar-refractivity contribution in [3.8, 4) is 0 Å². The summed E-state index contributed by atoms with van der Waals surface area (Å²) in [7, 11) is 0. The summed E-state index contributed by atoms with van der Waals surface area (Å²) in [6.45, 7) is 0. The van der Waals surface area contributed by atoms with Gasteiger partial charge in [-0.25, -0.2) is 13.8 Å². The molecular formula is C7H4BrF2IN2O. The van der Waals surface area contributed by atoms with Crippen LogP contribution in [0.25, 0.3) is 0 Å². The largest absolute Gasteiger partial charge is 0.364 e. The van der Waals surface area contributed by atoms with Crippen molar-refractivity contribution in [1.29, 1.82) is 0 Å². The molecule has 76 valence electrons. The summed E-state index contributed by atoms with van der Waals surface area (Å²) in [6, 6.07) is 1.23. The summed E-state index contributed by atoms with van der Waals surface area (Å²) in [4.78, 5) is 14.3. The monoisotopic (exact) mass is 376 g/mol. The summed E-state index contributed by atoms with van der Waals surface area (Å²) in [5.41, 5.74) is 4.70. The third kappa shape index (κ3) is 2.38. The van der Waals surface area contributed by atoms with E-state index in [1.165, 1.54) is 6.07 Å². The predicted molar refractivity (Wildman–Crippen MR) is 58.1 cm³/mol. The molecule has 14 heavy (non-hydrogen) atoms. The van der Waals surface area contributed by atoms with Gasteiger partial charge in [-0.2, -0.15) is 0 Å². The molecule has 0 saturated carbocycles. The Morgan fingerprint density at radius 1 is 1.64 bits per heavy atom. The molecular weight excluding hydrogens is 373 g/mol. The molecule has 0 aliphatic rings. The third-order valence-corrected chi connectivity index (χ3v) is 2.93. The molecule has 0 aromatic carbocycles. The topological polar surface area (TPSA) is 56.0 Å². The molecule has 2 N–H and O–H groups in total. The van der Waals surface area contributed by atoms with Gasteiger partial charge >= 0.3 is 0 Å². The van der Waals surface area contributed by atoms with Crippen LogP contribution in [-0.2, 0) is 0 Å². The lowest BCUT2D eigenvalue weighted by Crippen LogP contribution is -2.14. The SMILES string of the molecule is NC(=O)c1cc(I)c(C(F)F)c(Br)n1. The zero-order chi connectivity index (χ0) is 10.9. The first-order valence-electron chi connectivity index (χ1n) is 3.37. The highest BCUT2D eigenvalue weighted by Gasteiger charge is 2.19. The van der Waals surface area contributed by atoms with Gasteiger partial charge in [0.05, 0.1) is 5.56 Å². The number of carbonyl (C=O) groups excluding carboxylic acids is 1. The Bertz CT molecular complexity index is 363. The highest BCUT2D eigenvalue weighted by atomic mass is 127. The third-order valence-electron chi connectivity index (χ3n) is 1.43. The van der Waals surface area contributed by atoms with Gasteiger partial charge in [-0.3, -0.25) is 4.79 Å². The zero-order valence-electron chi connectivity index (χ0n) is 6.60. The molecule has 0 saturated heterocycles. The number of amides is 1. The van der Waals surface area contributed by atoms with Crippen molar-refractivity contribution < 1.29 is 13.6 Å². The van der Waals surface area contributed by atoms with Crippen LogP contribution in [0, 0.1) is 3.57 Å². The molecule has 0 atom stereocenters. The first-order valence-corrected chi connectivity index (χ1v) is 5.24. The molecule has 1 aromatic heterocycles. The molecule has 0 spiro atoms. The summed E-state index contributed by atoms with van der Waals surface area (Å²) < 4.78 is 25.1. The number of halogens is 4. The smallest absolute Gasteiger partial charge is 0.267 e. The minimum atomic E-state index is -2.63. The molecule has 1 aromatic rings. The van der Waals surface area contributed by atoms with E-state index in [0.29, 0.717) is 0 Å². The number of rotatable bonds is 2. The van der Waals surface area contributed by atoms with E-state index in [9.17, 15) is 13.6 Å². The van der Waals surface area contributed by atoms with Crippen LogP contribution in [0.15, 0.2) is 10.7 Å². The first kappa shape index (κ1) is 11.8. The lowest BCUT2D eigenvalue weighted by Gasteiger charge is -2.06. The van der Waals surface area contributed by atoms with E-state index in [4.69, 9.17) is 5.73 Å².